The molecule has 3 nitrogen and oxygen atoms in total. The van der Waals surface area contributed by atoms with Gasteiger partial charge < -0.3 is 9.84 Å². The fraction of sp³-hybridized carbons (Fsp3) is 0.429. The van der Waals surface area contributed by atoms with Crippen molar-refractivity contribution in [2.75, 3.05) is 19.7 Å². The number of rotatable bonds is 5. The summed E-state index contributed by atoms with van der Waals surface area (Å²) in [5.41, 5.74) is 5.63. The maximum atomic E-state index is 10.4. The molecule has 2 aromatic rings. The second-order valence-electron chi connectivity index (χ2n) is 7.04. The fourth-order valence-corrected chi connectivity index (χ4v) is 3.94. The van der Waals surface area contributed by atoms with Gasteiger partial charge in [-0.05, 0) is 41.5 Å². The highest BCUT2D eigenvalue weighted by molar-refractivity contribution is 5.32. The first-order valence-electron chi connectivity index (χ1n) is 8.93. The molecule has 126 valence electrons. The summed E-state index contributed by atoms with van der Waals surface area (Å²) in [4.78, 5) is 2.33. The van der Waals surface area contributed by atoms with Crippen molar-refractivity contribution in [3.8, 4) is 0 Å². The van der Waals surface area contributed by atoms with E-state index in [1.54, 1.807) is 0 Å². The Morgan fingerprint density at radius 3 is 2.29 bits per heavy atom. The summed E-state index contributed by atoms with van der Waals surface area (Å²) < 4.78 is 5.98. The average molecular weight is 323 g/mol. The van der Waals surface area contributed by atoms with Crippen LogP contribution < -0.4 is 0 Å². The summed E-state index contributed by atoms with van der Waals surface area (Å²) in [7, 11) is 0. The molecule has 0 aromatic heterocycles. The topological polar surface area (TPSA) is 32.7 Å². The molecule has 4 rings (SSSR count). The van der Waals surface area contributed by atoms with E-state index in [0.717, 1.165) is 32.4 Å². The zero-order chi connectivity index (χ0) is 16.4. The monoisotopic (exact) mass is 323 g/mol. The average Bonchev–Trinajstić information content (AvgIpc) is 3.03. The highest BCUT2D eigenvalue weighted by Gasteiger charge is 2.23. The lowest BCUT2D eigenvalue weighted by Crippen LogP contribution is -2.39. The number of aliphatic hydroxyl groups excluding tert-OH is 1. The van der Waals surface area contributed by atoms with Crippen molar-refractivity contribution in [2.24, 2.45) is 0 Å². The summed E-state index contributed by atoms with van der Waals surface area (Å²) in [6.07, 6.45) is 2.82. The molecule has 1 unspecified atom stereocenters. The van der Waals surface area contributed by atoms with Gasteiger partial charge in [0.05, 0.1) is 18.8 Å². The quantitative estimate of drug-likeness (QED) is 0.918. The lowest BCUT2D eigenvalue weighted by atomic mass is 10.00. The van der Waals surface area contributed by atoms with Crippen LogP contribution in [0.1, 0.15) is 22.3 Å². The number of hydrogen-bond donors (Lipinski definition) is 1. The van der Waals surface area contributed by atoms with E-state index in [0.29, 0.717) is 13.2 Å². The lowest BCUT2D eigenvalue weighted by molar-refractivity contribution is -0.0187. The minimum absolute atomic E-state index is 0.221. The summed E-state index contributed by atoms with van der Waals surface area (Å²) in [5.74, 6) is 0. The van der Waals surface area contributed by atoms with E-state index in [-0.39, 0.29) is 6.10 Å². The Morgan fingerprint density at radius 2 is 1.58 bits per heavy atom. The second kappa shape index (κ2) is 7.06. The maximum absolute atomic E-state index is 10.4. The van der Waals surface area contributed by atoms with E-state index in [9.17, 15) is 5.11 Å². The summed E-state index contributed by atoms with van der Waals surface area (Å²) >= 11 is 0. The maximum Gasteiger partial charge on any atom is 0.0900 e. The van der Waals surface area contributed by atoms with E-state index in [1.807, 2.05) is 0 Å². The minimum atomic E-state index is -0.418. The Hall–Kier alpha value is -1.68. The molecule has 0 bridgehead atoms. The molecule has 0 saturated heterocycles. The van der Waals surface area contributed by atoms with Crippen LogP contribution in [0.25, 0.3) is 0 Å². The van der Waals surface area contributed by atoms with Crippen molar-refractivity contribution in [2.45, 2.75) is 38.0 Å². The van der Waals surface area contributed by atoms with Crippen molar-refractivity contribution in [1.29, 1.82) is 0 Å². The van der Waals surface area contributed by atoms with Gasteiger partial charge in [0.1, 0.15) is 0 Å². The van der Waals surface area contributed by atoms with Gasteiger partial charge in [-0.25, -0.2) is 0 Å². The van der Waals surface area contributed by atoms with Crippen LogP contribution in [0.3, 0.4) is 0 Å². The van der Waals surface area contributed by atoms with Crippen molar-refractivity contribution >= 4 is 0 Å². The molecule has 1 atom stereocenters. The zero-order valence-electron chi connectivity index (χ0n) is 14.0. The number of β-amino-alcohol motifs (C(OH)–C–C–N with tert-alkyl or cyclic N) is 1. The van der Waals surface area contributed by atoms with Crippen molar-refractivity contribution < 1.29 is 9.84 Å². The van der Waals surface area contributed by atoms with Gasteiger partial charge in [0.2, 0.25) is 0 Å². The minimum Gasteiger partial charge on any atom is -0.389 e. The number of ether oxygens (including phenoxy) is 1. The number of benzene rings is 2. The number of nitrogens with zero attached hydrogens (tertiary/aromatic N) is 1. The Balaban J connectivity index is 1.24. The largest absolute Gasteiger partial charge is 0.389 e. The first-order chi connectivity index (χ1) is 11.8. The Bertz CT molecular complexity index is 675. The van der Waals surface area contributed by atoms with Gasteiger partial charge in [-0.2, -0.15) is 0 Å². The highest BCUT2D eigenvalue weighted by atomic mass is 16.5. The van der Waals surface area contributed by atoms with Gasteiger partial charge in [0.25, 0.3) is 0 Å². The van der Waals surface area contributed by atoms with Gasteiger partial charge in [0.15, 0.2) is 0 Å². The number of fused-ring (bicyclic) bond motifs is 2. The summed E-state index contributed by atoms with van der Waals surface area (Å²) in [5, 5.41) is 10.4. The number of aliphatic hydroxyl groups is 1. The van der Waals surface area contributed by atoms with Gasteiger partial charge in [0, 0.05) is 19.6 Å². The standard InChI is InChI=1S/C21H25NO2/c23-20(14-22-10-9-16-5-1-4-8-19(16)13-22)15-24-21-11-17-6-2-3-7-18(17)12-21/h1-8,20-21,23H,9-15H2. The summed E-state index contributed by atoms with van der Waals surface area (Å²) in [6.45, 7) is 3.07. The Morgan fingerprint density at radius 1 is 0.958 bits per heavy atom. The molecule has 0 fully saturated rings. The smallest absolute Gasteiger partial charge is 0.0900 e. The Labute approximate surface area is 143 Å². The third-order valence-corrected chi connectivity index (χ3v) is 5.22. The molecule has 0 amide bonds. The van der Waals surface area contributed by atoms with Crippen molar-refractivity contribution in [3.63, 3.8) is 0 Å². The molecule has 2 aliphatic rings. The SMILES string of the molecule is OC(COC1Cc2ccccc2C1)CN1CCc2ccccc2C1. The van der Waals surface area contributed by atoms with Gasteiger partial charge in [-0.15, -0.1) is 0 Å². The van der Waals surface area contributed by atoms with E-state index in [1.165, 1.54) is 22.3 Å². The predicted molar refractivity (Wildman–Crippen MR) is 95.0 cm³/mol. The first kappa shape index (κ1) is 15.8. The molecular formula is C21H25NO2. The van der Waals surface area contributed by atoms with Gasteiger partial charge in [-0.3, -0.25) is 4.90 Å². The van der Waals surface area contributed by atoms with Crippen LogP contribution in [-0.4, -0.2) is 41.9 Å². The lowest BCUT2D eigenvalue weighted by Gasteiger charge is -2.30. The van der Waals surface area contributed by atoms with Crippen LogP contribution >= 0.6 is 0 Å². The molecule has 1 aliphatic heterocycles. The van der Waals surface area contributed by atoms with Crippen LogP contribution in [0.15, 0.2) is 48.5 Å². The third-order valence-electron chi connectivity index (χ3n) is 5.22. The molecule has 0 spiro atoms. The van der Waals surface area contributed by atoms with Gasteiger partial charge >= 0.3 is 0 Å². The van der Waals surface area contributed by atoms with E-state index >= 15 is 0 Å². The molecule has 1 aliphatic carbocycles. The molecular weight excluding hydrogens is 298 g/mol. The van der Waals surface area contributed by atoms with Crippen molar-refractivity contribution in [3.05, 3.63) is 70.8 Å². The van der Waals surface area contributed by atoms with E-state index in [4.69, 9.17) is 4.74 Å². The van der Waals surface area contributed by atoms with Crippen LogP contribution in [0, 0.1) is 0 Å². The highest BCUT2D eigenvalue weighted by Crippen LogP contribution is 2.24. The molecule has 1 N–H and O–H groups in total. The van der Waals surface area contributed by atoms with E-state index < -0.39 is 6.10 Å². The Kier molecular flexibility index (Phi) is 4.65. The van der Waals surface area contributed by atoms with Crippen molar-refractivity contribution in [1.82, 2.24) is 4.90 Å². The van der Waals surface area contributed by atoms with Crippen LogP contribution in [0.4, 0.5) is 0 Å². The summed E-state index contributed by atoms with van der Waals surface area (Å²) in [6, 6.07) is 17.1. The zero-order valence-corrected chi connectivity index (χ0v) is 14.0. The normalized spacial score (nSPS) is 19.0. The third kappa shape index (κ3) is 3.54. The molecule has 1 heterocycles. The van der Waals surface area contributed by atoms with E-state index in [2.05, 4.69) is 53.4 Å². The molecule has 24 heavy (non-hydrogen) atoms. The van der Waals surface area contributed by atoms with Gasteiger partial charge in [-0.1, -0.05) is 48.5 Å². The fourth-order valence-electron chi connectivity index (χ4n) is 3.94. The molecule has 2 aromatic carbocycles. The van der Waals surface area contributed by atoms with Crippen LogP contribution in [0.2, 0.25) is 0 Å². The second-order valence-corrected chi connectivity index (χ2v) is 7.04. The van der Waals surface area contributed by atoms with Crippen LogP contribution in [-0.2, 0) is 30.5 Å². The number of hydrogen-bond acceptors (Lipinski definition) is 3. The molecule has 0 saturated carbocycles. The molecule has 3 heteroatoms. The molecule has 0 radical (unpaired) electrons. The van der Waals surface area contributed by atoms with Crippen LogP contribution in [0.5, 0.6) is 0 Å². The first-order valence-corrected chi connectivity index (χ1v) is 8.93. The predicted octanol–water partition coefficient (Wildman–Crippen LogP) is 2.59.